The number of amides is 2. The Hall–Kier alpha value is -3.77. The molecule has 0 aromatic heterocycles. The van der Waals surface area contributed by atoms with Crippen LogP contribution >= 0.6 is 11.6 Å². The zero-order chi connectivity index (χ0) is 23.7. The van der Waals surface area contributed by atoms with E-state index in [0.29, 0.717) is 27.7 Å². The highest BCUT2D eigenvalue weighted by atomic mass is 35.5. The second-order valence-corrected chi connectivity index (χ2v) is 8.33. The van der Waals surface area contributed by atoms with Gasteiger partial charge in [-0.05, 0) is 61.0 Å². The monoisotopic (exact) mass is 461 g/mol. The summed E-state index contributed by atoms with van der Waals surface area (Å²) < 4.78 is 5.50. The number of ether oxygens (including phenoxy) is 1. The Morgan fingerprint density at radius 3 is 2.27 bits per heavy atom. The smallest absolute Gasteiger partial charge is 0.282 e. The van der Waals surface area contributed by atoms with Gasteiger partial charge in [0.1, 0.15) is 11.4 Å². The molecule has 0 bridgehead atoms. The first-order chi connectivity index (χ1) is 15.8. The molecule has 0 unspecified atom stereocenters. The average Bonchev–Trinajstić information content (AvgIpc) is 3.04. The number of carbonyl (C=O) groups is 2. The molecule has 3 aromatic carbocycles. The Balaban J connectivity index is 1.84. The lowest BCUT2D eigenvalue weighted by molar-refractivity contribution is -0.120. The van der Waals surface area contributed by atoms with Crippen molar-refractivity contribution >= 4 is 46.1 Å². The highest BCUT2D eigenvalue weighted by molar-refractivity contribution is 6.46. The van der Waals surface area contributed by atoms with Crippen molar-refractivity contribution in [3.8, 4) is 5.75 Å². The lowest BCUT2D eigenvalue weighted by Crippen LogP contribution is -2.32. The summed E-state index contributed by atoms with van der Waals surface area (Å²) in [6.45, 7) is 1.89. The number of rotatable bonds is 6. The number of methoxy groups -OCH3 is 1. The molecular weight excluding hydrogens is 438 g/mol. The van der Waals surface area contributed by atoms with E-state index >= 15 is 0 Å². The number of aryl methyl sites for hydroxylation is 1. The van der Waals surface area contributed by atoms with Gasteiger partial charge in [-0.1, -0.05) is 29.8 Å². The van der Waals surface area contributed by atoms with Gasteiger partial charge in [0.25, 0.3) is 11.8 Å². The minimum absolute atomic E-state index is 0.187. The van der Waals surface area contributed by atoms with E-state index in [-0.39, 0.29) is 11.3 Å². The summed E-state index contributed by atoms with van der Waals surface area (Å²) in [7, 11) is 5.40. The predicted molar refractivity (Wildman–Crippen MR) is 133 cm³/mol. The Morgan fingerprint density at radius 1 is 0.939 bits per heavy atom. The van der Waals surface area contributed by atoms with E-state index in [1.165, 1.54) is 12.0 Å². The molecule has 33 heavy (non-hydrogen) atoms. The second kappa shape index (κ2) is 9.00. The number of carbonyl (C=O) groups excluding carboxylic acids is 2. The summed E-state index contributed by atoms with van der Waals surface area (Å²) in [5.74, 6) is -0.352. The van der Waals surface area contributed by atoms with E-state index in [2.05, 4.69) is 5.32 Å². The molecule has 7 heteroatoms. The SMILES string of the molecule is COc1ccccc1C1=C(Nc2ccc(Cl)cc2C)C(=O)N(c2ccc(N(C)C)cc2)C1=O. The summed E-state index contributed by atoms with van der Waals surface area (Å²) in [6, 6.07) is 19.8. The first-order valence-corrected chi connectivity index (χ1v) is 10.8. The molecule has 0 saturated heterocycles. The largest absolute Gasteiger partial charge is 0.496 e. The summed E-state index contributed by atoms with van der Waals surface area (Å²) in [4.78, 5) is 30.4. The van der Waals surface area contributed by atoms with Crippen molar-refractivity contribution in [1.82, 2.24) is 0 Å². The maximum Gasteiger partial charge on any atom is 0.282 e. The Kier molecular flexibility index (Phi) is 6.11. The minimum atomic E-state index is -0.437. The molecule has 1 N–H and O–H groups in total. The normalized spacial score (nSPS) is 13.5. The van der Waals surface area contributed by atoms with E-state index in [9.17, 15) is 9.59 Å². The number of nitrogens with one attached hydrogen (secondary N) is 1. The molecule has 6 nitrogen and oxygen atoms in total. The Bertz CT molecular complexity index is 1270. The highest BCUT2D eigenvalue weighted by Gasteiger charge is 2.41. The van der Waals surface area contributed by atoms with Gasteiger partial charge in [0, 0.05) is 36.1 Å². The van der Waals surface area contributed by atoms with Crippen LogP contribution in [0.2, 0.25) is 5.02 Å². The van der Waals surface area contributed by atoms with Crippen molar-refractivity contribution in [2.45, 2.75) is 6.92 Å². The Labute approximate surface area is 198 Å². The zero-order valence-electron chi connectivity index (χ0n) is 18.8. The van der Waals surface area contributed by atoms with E-state index < -0.39 is 11.8 Å². The van der Waals surface area contributed by atoms with Crippen LogP contribution in [0, 0.1) is 6.92 Å². The molecule has 2 amide bonds. The first-order valence-electron chi connectivity index (χ1n) is 10.4. The van der Waals surface area contributed by atoms with Crippen LogP contribution in [-0.4, -0.2) is 33.0 Å². The summed E-state index contributed by atoms with van der Waals surface area (Å²) in [6.07, 6.45) is 0. The molecule has 1 aliphatic heterocycles. The standard InChI is InChI=1S/C26H24ClN3O3/c1-16-15-17(27)9-14-21(16)28-24-23(20-7-5-6-8-22(20)33-4)25(31)30(26(24)32)19-12-10-18(11-13-19)29(2)3/h5-15,28H,1-4H3. The zero-order valence-corrected chi connectivity index (χ0v) is 19.6. The lowest BCUT2D eigenvalue weighted by Gasteiger charge is -2.18. The maximum absolute atomic E-state index is 13.7. The number of nitrogens with zero attached hydrogens (tertiary/aromatic N) is 2. The molecule has 0 fully saturated rings. The van der Waals surface area contributed by atoms with Gasteiger partial charge in [-0.25, -0.2) is 4.90 Å². The number of para-hydroxylation sites is 1. The molecule has 4 rings (SSSR count). The summed E-state index contributed by atoms with van der Waals surface area (Å²) >= 11 is 6.10. The van der Waals surface area contributed by atoms with Crippen LogP contribution < -0.4 is 19.9 Å². The van der Waals surface area contributed by atoms with Gasteiger partial charge in [-0.3, -0.25) is 9.59 Å². The number of hydrogen-bond donors (Lipinski definition) is 1. The van der Waals surface area contributed by atoms with Crippen LogP contribution in [-0.2, 0) is 9.59 Å². The maximum atomic E-state index is 13.7. The van der Waals surface area contributed by atoms with Crippen LogP contribution in [0.3, 0.4) is 0 Å². The number of hydrogen-bond acceptors (Lipinski definition) is 5. The molecule has 0 atom stereocenters. The fourth-order valence-electron chi connectivity index (χ4n) is 3.78. The molecular formula is C26H24ClN3O3. The van der Waals surface area contributed by atoms with Gasteiger partial charge in [0.2, 0.25) is 0 Å². The molecule has 0 saturated carbocycles. The van der Waals surface area contributed by atoms with Crippen LogP contribution in [0.4, 0.5) is 17.1 Å². The van der Waals surface area contributed by atoms with Gasteiger partial charge in [-0.15, -0.1) is 0 Å². The third kappa shape index (κ3) is 4.17. The number of anilines is 3. The van der Waals surface area contributed by atoms with Gasteiger partial charge in [0.15, 0.2) is 0 Å². The number of halogens is 1. The topological polar surface area (TPSA) is 61.9 Å². The van der Waals surface area contributed by atoms with Crippen molar-refractivity contribution in [3.05, 3.63) is 88.6 Å². The molecule has 168 valence electrons. The average molecular weight is 462 g/mol. The molecule has 3 aromatic rings. The third-order valence-corrected chi connectivity index (χ3v) is 5.77. The fraction of sp³-hybridized carbons (Fsp3) is 0.154. The van der Waals surface area contributed by atoms with Gasteiger partial charge in [-0.2, -0.15) is 0 Å². The quantitative estimate of drug-likeness (QED) is 0.516. The van der Waals surface area contributed by atoms with Crippen LogP contribution in [0.5, 0.6) is 5.75 Å². The van der Waals surface area contributed by atoms with Crippen molar-refractivity contribution in [2.24, 2.45) is 0 Å². The fourth-order valence-corrected chi connectivity index (χ4v) is 4.01. The van der Waals surface area contributed by atoms with E-state index in [1.807, 2.05) is 50.2 Å². The number of benzene rings is 3. The van der Waals surface area contributed by atoms with Gasteiger partial charge in [0.05, 0.1) is 18.4 Å². The van der Waals surface area contributed by atoms with Crippen LogP contribution in [0.1, 0.15) is 11.1 Å². The van der Waals surface area contributed by atoms with Crippen molar-refractivity contribution < 1.29 is 14.3 Å². The van der Waals surface area contributed by atoms with Crippen LogP contribution in [0.15, 0.2) is 72.4 Å². The van der Waals surface area contributed by atoms with Gasteiger partial charge < -0.3 is 15.0 Å². The molecule has 0 spiro atoms. The highest BCUT2D eigenvalue weighted by Crippen LogP contribution is 2.38. The Morgan fingerprint density at radius 2 is 1.64 bits per heavy atom. The molecule has 1 heterocycles. The summed E-state index contributed by atoms with van der Waals surface area (Å²) in [5.41, 5.74) is 3.98. The third-order valence-electron chi connectivity index (χ3n) is 5.53. The molecule has 1 aliphatic rings. The number of imide groups is 1. The van der Waals surface area contributed by atoms with E-state index in [4.69, 9.17) is 16.3 Å². The van der Waals surface area contributed by atoms with Crippen molar-refractivity contribution in [1.29, 1.82) is 0 Å². The first kappa shape index (κ1) is 22.4. The molecule has 0 radical (unpaired) electrons. The summed E-state index contributed by atoms with van der Waals surface area (Å²) in [5, 5.41) is 3.78. The predicted octanol–water partition coefficient (Wildman–Crippen LogP) is 5.12. The lowest BCUT2D eigenvalue weighted by atomic mass is 10.0. The second-order valence-electron chi connectivity index (χ2n) is 7.89. The van der Waals surface area contributed by atoms with E-state index in [0.717, 1.165) is 11.3 Å². The molecule has 0 aliphatic carbocycles. The van der Waals surface area contributed by atoms with Crippen molar-refractivity contribution in [3.63, 3.8) is 0 Å². The van der Waals surface area contributed by atoms with Crippen LogP contribution in [0.25, 0.3) is 5.57 Å². The van der Waals surface area contributed by atoms with E-state index in [1.54, 1.807) is 42.5 Å². The van der Waals surface area contributed by atoms with Gasteiger partial charge >= 0.3 is 0 Å². The van der Waals surface area contributed by atoms with Crippen molar-refractivity contribution in [2.75, 3.05) is 36.3 Å². The minimum Gasteiger partial charge on any atom is -0.496 e.